The molecule has 182 valence electrons. The lowest BCUT2D eigenvalue weighted by Gasteiger charge is -2.33. The lowest BCUT2D eigenvalue weighted by atomic mass is 9.95. The molecule has 1 unspecified atom stereocenters. The number of piperazine rings is 1. The van der Waals surface area contributed by atoms with E-state index in [-0.39, 0.29) is 17.4 Å². The third kappa shape index (κ3) is 4.42. The topological polar surface area (TPSA) is 80.3 Å². The smallest absolute Gasteiger partial charge is 0.217 e. The summed E-state index contributed by atoms with van der Waals surface area (Å²) in [5.41, 5.74) is 4.13. The number of carbonyl (C=O) groups is 1. The van der Waals surface area contributed by atoms with Crippen molar-refractivity contribution < 1.29 is 19.0 Å². The fourth-order valence-corrected chi connectivity index (χ4v) is 5.01. The van der Waals surface area contributed by atoms with Gasteiger partial charge < -0.3 is 29.3 Å². The van der Waals surface area contributed by atoms with Gasteiger partial charge in [0.2, 0.25) is 17.1 Å². The van der Waals surface area contributed by atoms with Crippen LogP contribution >= 0.6 is 0 Å². The molecule has 1 atom stereocenters. The van der Waals surface area contributed by atoms with Crippen molar-refractivity contribution in [2.75, 3.05) is 59.5 Å². The maximum Gasteiger partial charge on any atom is 0.217 e. The van der Waals surface area contributed by atoms with Crippen LogP contribution in [0, 0.1) is 0 Å². The Bertz CT molecular complexity index is 1140. The molecule has 1 saturated heterocycles. The number of hydrogen-bond donors (Lipinski definition) is 1. The van der Waals surface area contributed by atoms with Crippen molar-refractivity contribution >= 4 is 11.6 Å². The molecule has 4 rings (SSSR count). The molecule has 1 fully saturated rings. The minimum absolute atomic E-state index is 0.0518. The van der Waals surface area contributed by atoms with Crippen LogP contribution in [-0.4, -0.2) is 65.4 Å². The second kappa shape index (κ2) is 9.93. The molecule has 2 aromatic carbocycles. The molecule has 8 nitrogen and oxygen atoms in total. The number of ether oxygens (including phenoxy) is 3. The highest BCUT2D eigenvalue weighted by Crippen LogP contribution is 2.50. The first-order chi connectivity index (χ1) is 16.4. The van der Waals surface area contributed by atoms with Gasteiger partial charge in [-0.1, -0.05) is 6.07 Å². The summed E-state index contributed by atoms with van der Waals surface area (Å²) < 4.78 is 17.1. The summed E-state index contributed by atoms with van der Waals surface area (Å²) >= 11 is 0. The fourth-order valence-electron chi connectivity index (χ4n) is 5.01. The Balaban J connectivity index is 1.97. The highest BCUT2D eigenvalue weighted by molar-refractivity contribution is 5.83. The third-order valence-corrected chi connectivity index (χ3v) is 6.74. The molecule has 0 bridgehead atoms. The number of hydrogen-bond acceptors (Lipinski definition) is 7. The molecular formula is C26H33N3O5. The molecule has 1 aliphatic heterocycles. The maximum atomic E-state index is 13.5. The number of rotatable bonds is 5. The van der Waals surface area contributed by atoms with Gasteiger partial charge in [0.15, 0.2) is 11.5 Å². The van der Waals surface area contributed by atoms with Crippen LogP contribution in [0.4, 0.5) is 5.69 Å². The van der Waals surface area contributed by atoms with Crippen LogP contribution in [-0.2, 0) is 11.2 Å². The second-order valence-corrected chi connectivity index (χ2v) is 8.86. The number of nitrogens with zero attached hydrogens (tertiary/aromatic N) is 2. The Morgan fingerprint density at radius 2 is 1.71 bits per heavy atom. The largest absolute Gasteiger partial charge is 0.493 e. The van der Waals surface area contributed by atoms with Crippen LogP contribution in [0.5, 0.6) is 17.2 Å². The SMILES string of the molecule is COc1cc2c(c(OC)c1OC)-c1ccc(N3CCN(C)CC3)c(=O)cc1C(NC(C)=O)CC2. The number of amides is 1. The summed E-state index contributed by atoms with van der Waals surface area (Å²) in [6, 6.07) is 7.24. The molecule has 1 aliphatic carbocycles. The van der Waals surface area contributed by atoms with E-state index in [9.17, 15) is 9.59 Å². The van der Waals surface area contributed by atoms with Gasteiger partial charge in [0.25, 0.3) is 0 Å². The Labute approximate surface area is 200 Å². The summed E-state index contributed by atoms with van der Waals surface area (Å²) in [4.78, 5) is 29.9. The van der Waals surface area contributed by atoms with E-state index in [4.69, 9.17) is 14.2 Å². The minimum Gasteiger partial charge on any atom is -0.493 e. The van der Waals surface area contributed by atoms with E-state index in [1.54, 1.807) is 27.4 Å². The quantitative estimate of drug-likeness (QED) is 0.724. The summed E-state index contributed by atoms with van der Waals surface area (Å²) in [5, 5.41) is 3.05. The van der Waals surface area contributed by atoms with E-state index >= 15 is 0 Å². The summed E-state index contributed by atoms with van der Waals surface area (Å²) in [6.07, 6.45) is 1.32. The molecule has 1 heterocycles. The average Bonchev–Trinajstić information content (AvgIpc) is 3.07. The first-order valence-electron chi connectivity index (χ1n) is 11.6. The number of methoxy groups -OCH3 is 3. The van der Waals surface area contributed by atoms with Crippen molar-refractivity contribution in [3.63, 3.8) is 0 Å². The zero-order valence-corrected chi connectivity index (χ0v) is 20.6. The van der Waals surface area contributed by atoms with Crippen LogP contribution in [0.25, 0.3) is 11.1 Å². The van der Waals surface area contributed by atoms with E-state index in [1.807, 2.05) is 18.2 Å². The highest BCUT2D eigenvalue weighted by atomic mass is 16.5. The lowest BCUT2D eigenvalue weighted by Crippen LogP contribution is -2.45. The van der Waals surface area contributed by atoms with E-state index in [0.717, 1.165) is 48.4 Å². The zero-order chi connectivity index (χ0) is 24.4. The van der Waals surface area contributed by atoms with E-state index in [0.29, 0.717) is 35.8 Å². The third-order valence-electron chi connectivity index (χ3n) is 6.74. The van der Waals surface area contributed by atoms with Crippen molar-refractivity contribution in [1.82, 2.24) is 10.2 Å². The van der Waals surface area contributed by atoms with Gasteiger partial charge in [-0.3, -0.25) is 9.59 Å². The van der Waals surface area contributed by atoms with Gasteiger partial charge in [0.1, 0.15) is 0 Å². The standard InChI is InChI=1S/C26H33N3O5/c1-16(30)27-20-8-6-17-14-23(32-3)25(33-4)26(34-5)24(17)18-7-9-21(22(31)15-19(18)20)29-12-10-28(2)11-13-29/h7,9,14-15,20H,6,8,10-13H2,1-5H3,(H,27,30). The number of likely N-dealkylation sites (N-methyl/N-ethyl adjacent to an activating group) is 1. The molecule has 2 aliphatic rings. The maximum absolute atomic E-state index is 13.5. The van der Waals surface area contributed by atoms with Crippen LogP contribution in [0.1, 0.15) is 30.5 Å². The number of anilines is 1. The highest BCUT2D eigenvalue weighted by Gasteiger charge is 2.30. The minimum atomic E-state index is -0.304. The fraction of sp³-hybridized carbons (Fsp3) is 0.462. The molecule has 0 radical (unpaired) electrons. The molecule has 2 aromatic rings. The van der Waals surface area contributed by atoms with Gasteiger partial charge in [-0.25, -0.2) is 0 Å². The zero-order valence-electron chi connectivity index (χ0n) is 20.6. The summed E-state index contributed by atoms with van der Waals surface area (Å²) in [7, 11) is 6.87. The Hall–Kier alpha value is -3.26. The average molecular weight is 468 g/mol. The van der Waals surface area contributed by atoms with Crippen molar-refractivity contribution in [1.29, 1.82) is 0 Å². The van der Waals surface area contributed by atoms with Gasteiger partial charge in [0, 0.05) is 38.7 Å². The van der Waals surface area contributed by atoms with Crippen molar-refractivity contribution in [2.24, 2.45) is 0 Å². The number of nitrogens with one attached hydrogen (secondary N) is 1. The van der Waals surface area contributed by atoms with Crippen LogP contribution in [0.2, 0.25) is 0 Å². The molecule has 8 heteroatoms. The first kappa shape index (κ1) is 23.9. The predicted octanol–water partition coefficient (Wildman–Crippen LogP) is 2.61. The molecule has 0 aromatic heterocycles. The monoisotopic (exact) mass is 467 g/mol. The van der Waals surface area contributed by atoms with Crippen LogP contribution in [0.3, 0.4) is 0 Å². The number of fused-ring (bicyclic) bond motifs is 3. The number of carbonyl (C=O) groups excluding carboxylic acids is 1. The molecule has 1 N–H and O–H groups in total. The van der Waals surface area contributed by atoms with Crippen LogP contribution < -0.4 is 29.9 Å². The Kier molecular flexibility index (Phi) is 6.97. The van der Waals surface area contributed by atoms with E-state index in [2.05, 4.69) is 22.2 Å². The van der Waals surface area contributed by atoms with E-state index < -0.39 is 0 Å². The lowest BCUT2D eigenvalue weighted by molar-refractivity contribution is -0.119. The number of benzene rings is 1. The summed E-state index contributed by atoms with van der Waals surface area (Å²) in [5.74, 6) is 1.50. The predicted molar refractivity (Wildman–Crippen MR) is 132 cm³/mol. The van der Waals surface area contributed by atoms with Gasteiger partial charge in [0.05, 0.1) is 33.1 Å². The second-order valence-electron chi connectivity index (χ2n) is 8.86. The van der Waals surface area contributed by atoms with E-state index in [1.165, 1.54) is 6.92 Å². The van der Waals surface area contributed by atoms with Gasteiger partial charge in [-0.15, -0.1) is 0 Å². The van der Waals surface area contributed by atoms with Gasteiger partial charge in [-0.2, -0.15) is 0 Å². The van der Waals surface area contributed by atoms with Crippen molar-refractivity contribution in [3.8, 4) is 28.4 Å². The van der Waals surface area contributed by atoms with Crippen LogP contribution in [0.15, 0.2) is 29.1 Å². The molecule has 1 amide bonds. The van der Waals surface area contributed by atoms with Gasteiger partial charge in [-0.05, 0) is 54.8 Å². The molecule has 0 spiro atoms. The molecular weight excluding hydrogens is 434 g/mol. The normalized spacial score (nSPS) is 17.8. The Morgan fingerprint density at radius 3 is 2.32 bits per heavy atom. The number of aryl methyl sites for hydroxylation is 1. The first-order valence-corrected chi connectivity index (χ1v) is 11.6. The van der Waals surface area contributed by atoms with Gasteiger partial charge >= 0.3 is 0 Å². The Morgan fingerprint density at radius 1 is 1.00 bits per heavy atom. The van der Waals surface area contributed by atoms with Crippen molar-refractivity contribution in [2.45, 2.75) is 25.8 Å². The van der Waals surface area contributed by atoms with Crippen molar-refractivity contribution in [3.05, 3.63) is 45.6 Å². The molecule has 0 saturated carbocycles. The summed E-state index contributed by atoms with van der Waals surface area (Å²) in [6.45, 7) is 4.89. The molecule has 34 heavy (non-hydrogen) atoms.